The lowest BCUT2D eigenvalue weighted by Gasteiger charge is -2.37. The number of piperazine rings is 1. The Balaban J connectivity index is 1.24. The molecule has 0 bridgehead atoms. The number of pyridine rings is 1. The number of benzene rings is 1. The van der Waals surface area contributed by atoms with Crippen LogP contribution in [0.1, 0.15) is 12.1 Å². The fraction of sp³-hybridized carbons (Fsp3) is 0.500. The van der Waals surface area contributed by atoms with Crippen molar-refractivity contribution in [2.24, 2.45) is 0 Å². The van der Waals surface area contributed by atoms with Gasteiger partial charge >= 0.3 is 0 Å². The largest absolute Gasteiger partial charge is 0.495 e. The zero-order valence-corrected chi connectivity index (χ0v) is 18.8. The maximum Gasteiger partial charge on any atom is 0.225 e. The first kappa shape index (κ1) is 23.4. The summed E-state index contributed by atoms with van der Waals surface area (Å²) in [6, 6.07) is 13.5. The van der Waals surface area contributed by atoms with E-state index in [2.05, 4.69) is 15.2 Å². The molecule has 4 rings (SSSR count). The maximum absolute atomic E-state index is 12.9. The third kappa shape index (κ3) is 5.62. The summed E-state index contributed by atoms with van der Waals surface area (Å²) in [6.07, 6.45) is -1.67. The molecule has 9 nitrogen and oxygen atoms in total. The number of para-hydroxylation sites is 2. The summed E-state index contributed by atoms with van der Waals surface area (Å²) in [6.45, 7) is 3.45. The summed E-state index contributed by atoms with van der Waals surface area (Å²) in [4.78, 5) is 21.1. The van der Waals surface area contributed by atoms with Crippen LogP contribution in [0.4, 0.5) is 5.69 Å². The second-order valence-electron chi connectivity index (χ2n) is 8.39. The number of aliphatic hydroxyl groups is 2. The summed E-state index contributed by atoms with van der Waals surface area (Å²) in [5.41, 5.74) is 1.90. The number of carbonyl (C=O) groups excluding carboxylic acids is 1. The van der Waals surface area contributed by atoms with Gasteiger partial charge in [0, 0.05) is 45.5 Å². The van der Waals surface area contributed by atoms with Gasteiger partial charge in [-0.05, 0) is 24.3 Å². The zero-order valence-electron chi connectivity index (χ0n) is 18.8. The Morgan fingerprint density at radius 1 is 1.09 bits per heavy atom. The van der Waals surface area contributed by atoms with Crippen LogP contribution in [0.3, 0.4) is 0 Å². The van der Waals surface area contributed by atoms with E-state index in [0.29, 0.717) is 39.3 Å². The molecule has 2 aliphatic rings. The molecule has 2 fully saturated rings. The molecule has 2 aromatic rings. The number of rotatable bonds is 8. The maximum atomic E-state index is 12.9. The van der Waals surface area contributed by atoms with Crippen LogP contribution in [-0.4, -0.2) is 90.3 Å². The van der Waals surface area contributed by atoms with Crippen molar-refractivity contribution in [3.63, 3.8) is 0 Å². The van der Waals surface area contributed by atoms with Gasteiger partial charge in [-0.25, -0.2) is 0 Å². The third-order valence-corrected chi connectivity index (χ3v) is 6.27. The average molecular weight is 457 g/mol. The first-order valence-corrected chi connectivity index (χ1v) is 11.3. The van der Waals surface area contributed by atoms with Crippen LogP contribution in [0.2, 0.25) is 0 Å². The first-order chi connectivity index (χ1) is 16.1. The molecular formula is C24H32N4O5. The van der Waals surface area contributed by atoms with Crippen molar-refractivity contribution >= 4 is 11.6 Å². The number of carbonyl (C=O) groups is 1. The van der Waals surface area contributed by atoms with E-state index in [0.717, 1.165) is 17.1 Å². The Bertz CT molecular complexity index is 907. The van der Waals surface area contributed by atoms with Crippen LogP contribution in [0.5, 0.6) is 5.75 Å². The number of hydrogen-bond donors (Lipinski definition) is 3. The van der Waals surface area contributed by atoms with Crippen molar-refractivity contribution in [2.45, 2.75) is 37.4 Å². The number of amides is 1. The van der Waals surface area contributed by atoms with Gasteiger partial charge in [-0.2, -0.15) is 0 Å². The fourth-order valence-corrected chi connectivity index (χ4v) is 4.40. The van der Waals surface area contributed by atoms with E-state index in [4.69, 9.17) is 9.47 Å². The van der Waals surface area contributed by atoms with Gasteiger partial charge in [0.05, 0.1) is 37.1 Å². The number of hydrogen-bond acceptors (Lipinski definition) is 8. The smallest absolute Gasteiger partial charge is 0.225 e. The summed E-state index contributed by atoms with van der Waals surface area (Å²) in [7, 11) is 1.65. The lowest BCUT2D eigenvalue weighted by Crippen LogP contribution is -2.50. The Labute approximate surface area is 193 Å². The van der Waals surface area contributed by atoms with Crippen LogP contribution in [0.15, 0.2) is 48.7 Å². The standard InChI is InChI=1S/C24H32N4O5/c1-32-19-8-3-2-7-18(19)27-10-12-28(13-11-27)22(29)14-20-23(30)24(31)21(33-20)16-25-15-17-6-4-5-9-26-17/h2-9,20-21,23-25,30-31H,10-16H2,1H3. The third-order valence-electron chi connectivity index (χ3n) is 6.27. The molecule has 9 heteroatoms. The molecule has 2 aliphatic heterocycles. The predicted molar refractivity (Wildman–Crippen MR) is 123 cm³/mol. The number of methoxy groups -OCH3 is 1. The van der Waals surface area contributed by atoms with Crippen molar-refractivity contribution in [3.05, 3.63) is 54.4 Å². The number of nitrogens with one attached hydrogen (secondary N) is 1. The van der Waals surface area contributed by atoms with Gasteiger partial charge in [0.25, 0.3) is 0 Å². The molecule has 0 radical (unpaired) electrons. The molecule has 4 atom stereocenters. The molecule has 2 saturated heterocycles. The predicted octanol–water partition coefficient (Wildman–Crippen LogP) is 0.408. The highest BCUT2D eigenvalue weighted by molar-refractivity contribution is 5.77. The van der Waals surface area contributed by atoms with E-state index < -0.39 is 24.4 Å². The molecule has 178 valence electrons. The van der Waals surface area contributed by atoms with E-state index in [1.165, 1.54) is 0 Å². The van der Waals surface area contributed by atoms with Crippen LogP contribution in [-0.2, 0) is 16.1 Å². The van der Waals surface area contributed by atoms with Gasteiger partial charge < -0.3 is 34.8 Å². The van der Waals surface area contributed by atoms with Crippen molar-refractivity contribution in [1.82, 2.24) is 15.2 Å². The number of nitrogens with zero attached hydrogens (tertiary/aromatic N) is 3. The van der Waals surface area contributed by atoms with E-state index in [1.54, 1.807) is 18.2 Å². The molecule has 1 aromatic carbocycles. The second-order valence-corrected chi connectivity index (χ2v) is 8.39. The molecule has 33 heavy (non-hydrogen) atoms. The second kappa shape index (κ2) is 10.9. The molecular weight excluding hydrogens is 424 g/mol. The number of aromatic nitrogens is 1. The molecule has 0 saturated carbocycles. The number of anilines is 1. The molecule has 0 aliphatic carbocycles. The summed E-state index contributed by atoms with van der Waals surface area (Å²) >= 11 is 0. The Morgan fingerprint density at radius 2 is 1.82 bits per heavy atom. The van der Waals surface area contributed by atoms with Gasteiger partial charge in [-0.15, -0.1) is 0 Å². The summed E-state index contributed by atoms with van der Waals surface area (Å²) < 4.78 is 11.3. The highest BCUT2D eigenvalue weighted by atomic mass is 16.5. The number of ether oxygens (including phenoxy) is 2. The van der Waals surface area contributed by atoms with Gasteiger partial charge in [0.15, 0.2) is 0 Å². The normalized spacial score (nSPS) is 25.3. The van der Waals surface area contributed by atoms with Crippen LogP contribution < -0.4 is 15.0 Å². The van der Waals surface area contributed by atoms with Gasteiger partial charge in [-0.1, -0.05) is 18.2 Å². The van der Waals surface area contributed by atoms with Crippen molar-refractivity contribution < 1.29 is 24.5 Å². The van der Waals surface area contributed by atoms with Crippen LogP contribution >= 0.6 is 0 Å². The summed E-state index contributed by atoms with van der Waals surface area (Å²) in [5, 5.41) is 24.0. The average Bonchev–Trinajstić information content (AvgIpc) is 3.12. The SMILES string of the molecule is COc1ccccc1N1CCN(C(=O)CC2OC(CNCc3ccccn3)C(O)C2O)CC1. The molecule has 3 N–H and O–H groups in total. The number of aliphatic hydroxyl groups excluding tert-OH is 2. The molecule has 0 spiro atoms. The lowest BCUT2D eigenvalue weighted by molar-refractivity contribution is -0.135. The van der Waals surface area contributed by atoms with Gasteiger partial charge in [0.1, 0.15) is 18.0 Å². The van der Waals surface area contributed by atoms with Crippen LogP contribution in [0.25, 0.3) is 0 Å². The molecule has 1 amide bonds. The molecule has 3 heterocycles. The van der Waals surface area contributed by atoms with E-state index in [9.17, 15) is 15.0 Å². The van der Waals surface area contributed by atoms with Crippen molar-refractivity contribution in [2.75, 3.05) is 44.7 Å². The first-order valence-electron chi connectivity index (χ1n) is 11.3. The van der Waals surface area contributed by atoms with E-state index in [1.807, 2.05) is 42.5 Å². The summed E-state index contributed by atoms with van der Waals surface area (Å²) in [5.74, 6) is 0.740. The highest BCUT2D eigenvalue weighted by Crippen LogP contribution is 2.29. The minimum absolute atomic E-state index is 0.0453. The van der Waals surface area contributed by atoms with Crippen LogP contribution in [0, 0.1) is 0 Å². The molecule has 1 aromatic heterocycles. The zero-order chi connectivity index (χ0) is 23.2. The minimum Gasteiger partial charge on any atom is -0.495 e. The van der Waals surface area contributed by atoms with Crippen molar-refractivity contribution in [1.29, 1.82) is 0 Å². The Morgan fingerprint density at radius 3 is 2.55 bits per heavy atom. The topological polar surface area (TPSA) is 107 Å². The Kier molecular flexibility index (Phi) is 7.77. The van der Waals surface area contributed by atoms with Gasteiger partial charge in [0.2, 0.25) is 5.91 Å². The minimum atomic E-state index is -1.09. The van der Waals surface area contributed by atoms with Crippen molar-refractivity contribution in [3.8, 4) is 5.75 Å². The highest BCUT2D eigenvalue weighted by Gasteiger charge is 2.43. The van der Waals surface area contributed by atoms with E-state index in [-0.39, 0.29) is 12.3 Å². The fourth-order valence-electron chi connectivity index (χ4n) is 4.40. The lowest BCUT2D eigenvalue weighted by atomic mass is 10.0. The van der Waals surface area contributed by atoms with Gasteiger partial charge in [-0.3, -0.25) is 9.78 Å². The monoisotopic (exact) mass is 456 g/mol. The quantitative estimate of drug-likeness (QED) is 0.524. The van der Waals surface area contributed by atoms with E-state index >= 15 is 0 Å². The Hall–Kier alpha value is -2.72. The molecule has 4 unspecified atom stereocenters.